The van der Waals surface area contributed by atoms with Gasteiger partial charge in [-0.2, -0.15) is 0 Å². The van der Waals surface area contributed by atoms with Gasteiger partial charge in [-0.3, -0.25) is 0 Å². The van der Waals surface area contributed by atoms with Gasteiger partial charge < -0.3 is 5.32 Å². The van der Waals surface area contributed by atoms with Crippen molar-refractivity contribution < 1.29 is 0 Å². The molecule has 1 fully saturated rings. The van der Waals surface area contributed by atoms with Crippen molar-refractivity contribution in [3.05, 3.63) is 0 Å². The highest BCUT2D eigenvalue weighted by Gasteiger charge is 2.34. The van der Waals surface area contributed by atoms with E-state index in [1.807, 2.05) is 0 Å². The minimum atomic E-state index is 0.216. The number of hydrogen-bond donors (Lipinski definition) is 1. The molecular formula is C16H29N. The maximum Gasteiger partial charge on any atom is 0.0118 e. The molecule has 17 heavy (non-hydrogen) atoms. The highest BCUT2D eigenvalue weighted by atomic mass is 14.9. The Hall–Kier alpha value is -0.480. The fourth-order valence-electron chi connectivity index (χ4n) is 2.89. The van der Waals surface area contributed by atoms with Gasteiger partial charge in [-0.1, -0.05) is 13.8 Å². The van der Waals surface area contributed by atoms with Gasteiger partial charge in [-0.15, -0.1) is 12.3 Å². The fraction of sp³-hybridized carbons (Fsp3) is 0.875. The Morgan fingerprint density at radius 2 is 1.94 bits per heavy atom. The molecule has 0 amide bonds. The van der Waals surface area contributed by atoms with Gasteiger partial charge in [-0.05, 0) is 63.8 Å². The van der Waals surface area contributed by atoms with E-state index >= 15 is 0 Å². The van der Waals surface area contributed by atoms with E-state index in [-0.39, 0.29) is 5.54 Å². The quantitative estimate of drug-likeness (QED) is 0.733. The average molecular weight is 235 g/mol. The average Bonchev–Trinajstić information content (AvgIpc) is 2.14. The van der Waals surface area contributed by atoms with Crippen LogP contribution in [0.4, 0.5) is 0 Å². The maximum absolute atomic E-state index is 5.52. The van der Waals surface area contributed by atoms with Crippen LogP contribution < -0.4 is 5.32 Å². The molecule has 0 aliphatic heterocycles. The van der Waals surface area contributed by atoms with Crippen LogP contribution in [0.25, 0.3) is 0 Å². The van der Waals surface area contributed by atoms with E-state index in [2.05, 4.69) is 45.9 Å². The summed E-state index contributed by atoms with van der Waals surface area (Å²) >= 11 is 0. The summed E-state index contributed by atoms with van der Waals surface area (Å²) in [6.45, 7) is 12.6. The third kappa shape index (κ3) is 5.13. The highest BCUT2D eigenvalue weighted by Crippen LogP contribution is 2.42. The normalized spacial score (nSPS) is 28.7. The molecule has 1 N–H and O–H groups in total. The largest absolute Gasteiger partial charge is 0.312 e. The van der Waals surface area contributed by atoms with E-state index in [4.69, 9.17) is 6.42 Å². The lowest BCUT2D eigenvalue weighted by Crippen LogP contribution is -2.43. The van der Waals surface area contributed by atoms with E-state index in [0.29, 0.717) is 11.3 Å². The van der Waals surface area contributed by atoms with Crippen LogP contribution in [0.3, 0.4) is 0 Å². The molecule has 0 saturated heterocycles. The molecule has 0 spiro atoms. The molecule has 2 atom stereocenters. The first kappa shape index (κ1) is 14.6. The summed E-state index contributed by atoms with van der Waals surface area (Å²) in [5, 5.41) is 3.64. The molecular weight excluding hydrogens is 206 g/mol. The fourth-order valence-corrected chi connectivity index (χ4v) is 2.89. The highest BCUT2D eigenvalue weighted by molar-refractivity contribution is 4.94. The molecule has 1 aliphatic carbocycles. The van der Waals surface area contributed by atoms with Crippen LogP contribution in [-0.2, 0) is 0 Å². The van der Waals surface area contributed by atoms with Gasteiger partial charge in [0.15, 0.2) is 0 Å². The van der Waals surface area contributed by atoms with E-state index in [0.717, 1.165) is 18.9 Å². The van der Waals surface area contributed by atoms with Crippen molar-refractivity contribution >= 4 is 0 Å². The summed E-state index contributed by atoms with van der Waals surface area (Å²) in [5.74, 6) is 4.34. The summed E-state index contributed by atoms with van der Waals surface area (Å²) < 4.78 is 0. The molecule has 1 aliphatic rings. The lowest BCUT2D eigenvalue weighted by atomic mass is 9.66. The van der Waals surface area contributed by atoms with Crippen LogP contribution >= 0.6 is 0 Å². The smallest absolute Gasteiger partial charge is 0.0118 e. The number of nitrogens with one attached hydrogen (secondary N) is 1. The lowest BCUT2D eigenvalue weighted by Gasteiger charge is -2.41. The van der Waals surface area contributed by atoms with E-state index in [1.54, 1.807) is 0 Å². The van der Waals surface area contributed by atoms with Crippen LogP contribution in [0.1, 0.15) is 60.3 Å². The van der Waals surface area contributed by atoms with Crippen molar-refractivity contribution in [2.75, 3.05) is 6.54 Å². The predicted octanol–water partition coefficient (Wildman–Crippen LogP) is 3.84. The second-order valence-corrected chi connectivity index (χ2v) is 7.47. The van der Waals surface area contributed by atoms with Gasteiger partial charge in [0.25, 0.3) is 0 Å². The molecule has 0 radical (unpaired) electrons. The number of hydrogen-bond acceptors (Lipinski definition) is 1. The van der Waals surface area contributed by atoms with Gasteiger partial charge in [0, 0.05) is 12.0 Å². The first-order valence-electron chi connectivity index (χ1n) is 6.92. The second-order valence-electron chi connectivity index (χ2n) is 7.47. The van der Waals surface area contributed by atoms with Crippen molar-refractivity contribution in [1.29, 1.82) is 0 Å². The van der Waals surface area contributed by atoms with E-state index in [9.17, 15) is 0 Å². The Morgan fingerprint density at radius 1 is 1.29 bits per heavy atom. The number of rotatable bonds is 3. The van der Waals surface area contributed by atoms with E-state index in [1.165, 1.54) is 19.3 Å². The zero-order valence-corrected chi connectivity index (χ0v) is 12.3. The van der Waals surface area contributed by atoms with E-state index < -0.39 is 0 Å². The van der Waals surface area contributed by atoms with Crippen LogP contribution in [0.15, 0.2) is 0 Å². The third-order valence-electron chi connectivity index (χ3n) is 3.95. The van der Waals surface area contributed by atoms with Gasteiger partial charge in [0.2, 0.25) is 0 Å². The minimum absolute atomic E-state index is 0.216. The molecule has 0 aromatic rings. The molecule has 2 unspecified atom stereocenters. The zero-order valence-electron chi connectivity index (χ0n) is 12.3. The summed E-state index contributed by atoms with van der Waals surface area (Å²) in [7, 11) is 0. The van der Waals surface area contributed by atoms with Crippen LogP contribution in [0, 0.1) is 29.6 Å². The van der Waals surface area contributed by atoms with Gasteiger partial charge in [0.1, 0.15) is 0 Å². The summed E-state index contributed by atoms with van der Waals surface area (Å²) in [6, 6.07) is 0. The monoisotopic (exact) mass is 235 g/mol. The SMILES string of the molecule is C#CCC1CC(C)(C)CCC1CNC(C)(C)C. The predicted molar refractivity (Wildman–Crippen MR) is 75.8 cm³/mol. The summed E-state index contributed by atoms with van der Waals surface area (Å²) in [4.78, 5) is 0. The summed E-state index contributed by atoms with van der Waals surface area (Å²) in [6.07, 6.45) is 10.4. The van der Waals surface area contributed by atoms with Crippen molar-refractivity contribution in [2.45, 2.75) is 65.8 Å². The number of terminal acetylenes is 1. The zero-order chi connectivity index (χ0) is 13.1. The Bertz CT molecular complexity index is 277. The summed E-state index contributed by atoms with van der Waals surface area (Å²) in [5.41, 5.74) is 0.702. The van der Waals surface area contributed by atoms with Gasteiger partial charge >= 0.3 is 0 Å². The minimum Gasteiger partial charge on any atom is -0.312 e. The van der Waals surface area contributed by atoms with Crippen LogP contribution in [0.2, 0.25) is 0 Å². The van der Waals surface area contributed by atoms with Crippen molar-refractivity contribution in [3.63, 3.8) is 0 Å². The molecule has 0 bridgehead atoms. The molecule has 0 aromatic carbocycles. The molecule has 1 rings (SSSR count). The molecule has 0 aromatic heterocycles. The first-order chi connectivity index (χ1) is 7.73. The molecule has 0 heterocycles. The van der Waals surface area contributed by atoms with Crippen molar-refractivity contribution in [1.82, 2.24) is 5.32 Å². The van der Waals surface area contributed by atoms with Crippen LogP contribution in [0.5, 0.6) is 0 Å². The Labute approximate surface area is 108 Å². The molecule has 1 heteroatoms. The van der Waals surface area contributed by atoms with Crippen molar-refractivity contribution in [3.8, 4) is 12.3 Å². The maximum atomic E-state index is 5.52. The molecule has 98 valence electrons. The molecule has 1 saturated carbocycles. The third-order valence-corrected chi connectivity index (χ3v) is 3.95. The molecule has 1 nitrogen and oxygen atoms in total. The lowest BCUT2D eigenvalue weighted by molar-refractivity contribution is 0.114. The Morgan fingerprint density at radius 3 is 2.47 bits per heavy atom. The van der Waals surface area contributed by atoms with Crippen molar-refractivity contribution in [2.24, 2.45) is 17.3 Å². The van der Waals surface area contributed by atoms with Gasteiger partial charge in [0.05, 0.1) is 0 Å². The topological polar surface area (TPSA) is 12.0 Å². The van der Waals surface area contributed by atoms with Crippen LogP contribution in [-0.4, -0.2) is 12.1 Å². The Kier molecular flexibility index (Phi) is 4.67. The van der Waals surface area contributed by atoms with Gasteiger partial charge in [-0.25, -0.2) is 0 Å². The standard InChI is InChI=1S/C16H29N/c1-7-8-13-11-16(5,6)10-9-14(13)12-17-15(2,3)4/h1,13-14,17H,8-12H2,2-6H3. The first-order valence-corrected chi connectivity index (χ1v) is 6.92. The second kappa shape index (κ2) is 5.44. The Balaban J connectivity index is 2.55.